The van der Waals surface area contributed by atoms with Crippen LogP contribution in [-0.4, -0.2) is 39.5 Å². The quantitative estimate of drug-likeness (QED) is 0.779. The average Bonchev–Trinajstić information content (AvgIpc) is 2.92. The number of anilines is 1. The predicted molar refractivity (Wildman–Crippen MR) is 80.8 cm³/mol. The molecule has 21 heavy (non-hydrogen) atoms. The van der Waals surface area contributed by atoms with Gasteiger partial charge in [-0.15, -0.1) is 0 Å². The van der Waals surface area contributed by atoms with Gasteiger partial charge in [0, 0.05) is 13.1 Å². The highest BCUT2D eigenvalue weighted by molar-refractivity contribution is 7.89. The maximum Gasteiger partial charge on any atom is 0.240 e. The highest BCUT2D eigenvalue weighted by atomic mass is 32.2. The summed E-state index contributed by atoms with van der Waals surface area (Å²) < 4.78 is 40.1. The number of rotatable bonds is 6. The molecule has 0 spiro atoms. The van der Waals surface area contributed by atoms with Crippen molar-refractivity contribution in [3.63, 3.8) is 0 Å². The van der Waals surface area contributed by atoms with Crippen molar-refractivity contribution in [1.29, 1.82) is 0 Å². The molecule has 1 atom stereocenters. The molecule has 1 aliphatic heterocycles. The molecule has 1 unspecified atom stereocenters. The van der Waals surface area contributed by atoms with Gasteiger partial charge in [0.1, 0.15) is 5.82 Å². The Morgan fingerprint density at radius 2 is 2.05 bits per heavy atom. The first-order valence-corrected chi connectivity index (χ1v) is 8.64. The second kappa shape index (κ2) is 6.72. The third-order valence-electron chi connectivity index (χ3n) is 3.67. The van der Waals surface area contributed by atoms with Crippen molar-refractivity contribution in [2.75, 3.05) is 31.9 Å². The molecule has 1 saturated heterocycles. The molecule has 1 aromatic carbocycles. The van der Waals surface area contributed by atoms with Crippen LogP contribution in [0.5, 0.6) is 0 Å². The third kappa shape index (κ3) is 4.39. The molecule has 0 aliphatic carbocycles. The molecule has 1 aliphatic rings. The van der Waals surface area contributed by atoms with Crippen LogP contribution in [0.1, 0.15) is 19.8 Å². The number of sulfonamides is 1. The van der Waals surface area contributed by atoms with Crippen LogP contribution in [0.25, 0.3) is 0 Å². The molecular weight excluding hydrogens is 293 g/mol. The number of nitrogens with two attached hydrogens (primary N) is 1. The van der Waals surface area contributed by atoms with Crippen molar-refractivity contribution in [3.8, 4) is 0 Å². The average molecular weight is 315 g/mol. The van der Waals surface area contributed by atoms with Crippen LogP contribution in [-0.2, 0) is 10.0 Å². The number of nitrogens with zero attached hydrogens (tertiary/aromatic N) is 1. The molecule has 2 rings (SSSR count). The summed E-state index contributed by atoms with van der Waals surface area (Å²) in [7, 11) is -3.69. The standard InChI is InChI=1S/C14H22FN3O2S/c1-11(10-18-6-2-3-7-18)9-17-21(19,20)12-4-5-14(16)13(15)8-12/h4-5,8,11,17H,2-3,6-7,9-10,16H2,1H3. The number of nitrogen functional groups attached to an aromatic ring is 1. The van der Waals surface area contributed by atoms with E-state index in [0.717, 1.165) is 25.7 Å². The normalized spacial score (nSPS) is 18.0. The van der Waals surface area contributed by atoms with Gasteiger partial charge in [-0.2, -0.15) is 0 Å². The molecule has 118 valence electrons. The molecule has 1 heterocycles. The van der Waals surface area contributed by atoms with Crippen LogP contribution in [0.15, 0.2) is 23.1 Å². The molecule has 0 aromatic heterocycles. The summed E-state index contributed by atoms with van der Waals surface area (Å²) in [6.07, 6.45) is 2.42. The summed E-state index contributed by atoms with van der Waals surface area (Å²) in [6, 6.07) is 3.52. The van der Waals surface area contributed by atoms with Gasteiger partial charge in [0.2, 0.25) is 10.0 Å². The number of hydrogen-bond donors (Lipinski definition) is 2. The summed E-state index contributed by atoms with van der Waals surface area (Å²) in [5, 5.41) is 0. The van der Waals surface area contributed by atoms with E-state index in [4.69, 9.17) is 5.73 Å². The maximum atomic E-state index is 13.4. The molecule has 0 amide bonds. The summed E-state index contributed by atoms with van der Waals surface area (Å²) in [5.74, 6) is -0.514. The first kappa shape index (κ1) is 16.2. The topological polar surface area (TPSA) is 75.4 Å². The fourth-order valence-corrected chi connectivity index (χ4v) is 3.66. The minimum Gasteiger partial charge on any atom is -0.396 e. The number of likely N-dealkylation sites (tertiary alicyclic amines) is 1. The molecule has 0 saturated carbocycles. The van der Waals surface area contributed by atoms with E-state index in [1.165, 1.54) is 25.0 Å². The van der Waals surface area contributed by atoms with Crippen molar-refractivity contribution in [2.24, 2.45) is 5.92 Å². The zero-order valence-corrected chi connectivity index (χ0v) is 13.0. The van der Waals surface area contributed by atoms with Gasteiger partial charge < -0.3 is 10.6 Å². The number of nitrogens with one attached hydrogen (secondary N) is 1. The second-order valence-electron chi connectivity index (χ2n) is 5.65. The zero-order valence-electron chi connectivity index (χ0n) is 12.2. The Morgan fingerprint density at radius 3 is 2.67 bits per heavy atom. The lowest BCUT2D eigenvalue weighted by Gasteiger charge is -2.20. The van der Waals surface area contributed by atoms with E-state index in [1.54, 1.807) is 0 Å². The minimum absolute atomic E-state index is 0.0589. The lowest BCUT2D eigenvalue weighted by molar-refractivity contribution is 0.288. The van der Waals surface area contributed by atoms with Gasteiger partial charge >= 0.3 is 0 Å². The van der Waals surface area contributed by atoms with Crippen LogP contribution in [0.3, 0.4) is 0 Å². The van der Waals surface area contributed by atoms with Crippen LogP contribution in [0, 0.1) is 11.7 Å². The van der Waals surface area contributed by atoms with E-state index in [0.29, 0.717) is 6.54 Å². The van der Waals surface area contributed by atoms with Gasteiger partial charge in [0.25, 0.3) is 0 Å². The molecule has 1 aromatic rings. The first-order chi connectivity index (χ1) is 9.88. The second-order valence-corrected chi connectivity index (χ2v) is 7.42. The molecule has 0 radical (unpaired) electrons. The summed E-state index contributed by atoms with van der Waals surface area (Å²) >= 11 is 0. The Kier molecular flexibility index (Phi) is 5.18. The molecule has 7 heteroatoms. The van der Waals surface area contributed by atoms with Gasteiger partial charge in [0.15, 0.2) is 0 Å². The van der Waals surface area contributed by atoms with E-state index in [2.05, 4.69) is 9.62 Å². The van der Waals surface area contributed by atoms with Gasteiger partial charge in [-0.05, 0) is 50.0 Å². The fraction of sp³-hybridized carbons (Fsp3) is 0.571. The number of hydrogen-bond acceptors (Lipinski definition) is 4. The van der Waals surface area contributed by atoms with Crippen molar-refractivity contribution in [1.82, 2.24) is 9.62 Å². The zero-order chi connectivity index (χ0) is 15.5. The van der Waals surface area contributed by atoms with Gasteiger partial charge in [-0.25, -0.2) is 17.5 Å². The van der Waals surface area contributed by atoms with Crippen molar-refractivity contribution >= 4 is 15.7 Å². The Morgan fingerprint density at radius 1 is 1.38 bits per heavy atom. The lowest BCUT2D eigenvalue weighted by Crippen LogP contribution is -2.34. The molecule has 5 nitrogen and oxygen atoms in total. The van der Waals surface area contributed by atoms with Gasteiger partial charge in [-0.1, -0.05) is 6.92 Å². The van der Waals surface area contributed by atoms with Gasteiger partial charge in [0.05, 0.1) is 10.6 Å². The van der Waals surface area contributed by atoms with Crippen LogP contribution < -0.4 is 10.5 Å². The molecule has 1 fully saturated rings. The summed E-state index contributed by atoms with van der Waals surface area (Å²) in [5.41, 5.74) is 5.29. The Labute approximate surface area is 125 Å². The molecule has 3 N–H and O–H groups in total. The van der Waals surface area contributed by atoms with Crippen molar-refractivity contribution in [3.05, 3.63) is 24.0 Å². The smallest absolute Gasteiger partial charge is 0.240 e. The van der Waals surface area contributed by atoms with E-state index >= 15 is 0 Å². The van der Waals surface area contributed by atoms with E-state index < -0.39 is 15.8 Å². The van der Waals surface area contributed by atoms with E-state index in [-0.39, 0.29) is 16.5 Å². The van der Waals surface area contributed by atoms with Crippen LogP contribution in [0.4, 0.5) is 10.1 Å². The summed E-state index contributed by atoms with van der Waals surface area (Å²) in [6.45, 7) is 5.38. The first-order valence-electron chi connectivity index (χ1n) is 7.15. The highest BCUT2D eigenvalue weighted by Crippen LogP contribution is 2.16. The fourth-order valence-electron chi connectivity index (χ4n) is 2.48. The Bertz CT molecular complexity index is 586. The number of benzene rings is 1. The molecule has 0 bridgehead atoms. The monoisotopic (exact) mass is 315 g/mol. The highest BCUT2D eigenvalue weighted by Gasteiger charge is 2.19. The van der Waals surface area contributed by atoms with Crippen LogP contribution in [0.2, 0.25) is 0 Å². The van der Waals surface area contributed by atoms with Crippen molar-refractivity contribution < 1.29 is 12.8 Å². The lowest BCUT2D eigenvalue weighted by atomic mass is 10.2. The maximum absolute atomic E-state index is 13.4. The number of halogens is 1. The minimum atomic E-state index is -3.69. The predicted octanol–water partition coefficient (Wildman–Crippen LogP) is 1.42. The Hall–Kier alpha value is -1.18. The van der Waals surface area contributed by atoms with Gasteiger partial charge in [-0.3, -0.25) is 0 Å². The third-order valence-corrected chi connectivity index (χ3v) is 5.09. The van der Waals surface area contributed by atoms with Crippen LogP contribution >= 0.6 is 0 Å². The van der Waals surface area contributed by atoms with E-state index in [9.17, 15) is 12.8 Å². The Balaban J connectivity index is 1.92. The SMILES string of the molecule is CC(CNS(=O)(=O)c1ccc(N)c(F)c1)CN1CCCC1. The van der Waals surface area contributed by atoms with Crippen molar-refractivity contribution in [2.45, 2.75) is 24.7 Å². The largest absolute Gasteiger partial charge is 0.396 e. The summed E-state index contributed by atoms with van der Waals surface area (Å²) in [4.78, 5) is 2.24. The molecular formula is C14H22FN3O2S. The van der Waals surface area contributed by atoms with E-state index in [1.807, 2.05) is 6.92 Å².